The molecule has 168 valence electrons. The fourth-order valence-corrected chi connectivity index (χ4v) is 5.32. The second-order valence-corrected chi connectivity index (χ2v) is 9.06. The van der Waals surface area contributed by atoms with Gasteiger partial charge in [0.25, 0.3) is 0 Å². The Balaban J connectivity index is 1.78. The van der Waals surface area contributed by atoms with E-state index in [0.717, 1.165) is 47.7 Å². The maximum absolute atomic E-state index is 13.8. The highest BCUT2D eigenvalue weighted by Gasteiger charge is 2.38. The molecule has 4 rings (SSSR count). The van der Waals surface area contributed by atoms with E-state index in [1.54, 1.807) is 6.92 Å². The van der Waals surface area contributed by atoms with Crippen LogP contribution in [0.1, 0.15) is 56.2 Å². The Kier molecular flexibility index (Phi) is 6.89. The molecule has 1 aliphatic rings. The van der Waals surface area contributed by atoms with E-state index in [1.165, 1.54) is 6.42 Å². The van der Waals surface area contributed by atoms with Gasteiger partial charge < -0.3 is 14.8 Å². The van der Waals surface area contributed by atoms with Gasteiger partial charge in [-0.05, 0) is 24.5 Å². The predicted octanol–water partition coefficient (Wildman–Crippen LogP) is 5.01. The smallest absolute Gasteiger partial charge is 0.247 e. The Labute approximate surface area is 195 Å². The summed E-state index contributed by atoms with van der Waals surface area (Å²) in [4.78, 5) is 28.6. The Hall–Kier alpha value is -2.73. The molecule has 5 nitrogen and oxygen atoms in total. The van der Waals surface area contributed by atoms with Crippen molar-refractivity contribution < 1.29 is 9.59 Å². The summed E-state index contributed by atoms with van der Waals surface area (Å²) in [5.74, 6) is -0.237. The minimum atomic E-state index is -0.724. The molecule has 1 fully saturated rings. The first-order chi connectivity index (χ1) is 15.5. The lowest BCUT2D eigenvalue weighted by molar-refractivity contribution is -0.143. The van der Waals surface area contributed by atoms with Crippen LogP contribution in [-0.2, 0) is 23.2 Å². The van der Waals surface area contributed by atoms with Crippen molar-refractivity contribution in [3.8, 4) is 0 Å². The fraction of sp³-hybridized carbons (Fsp3) is 0.385. The Bertz CT molecular complexity index is 1100. The molecular weight excluding hydrogens is 418 g/mol. The number of aromatic nitrogens is 1. The second kappa shape index (κ2) is 9.82. The first-order valence-electron chi connectivity index (χ1n) is 11.4. The molecule has 6 heteroatoms. The molecule has 0 radical (unpaired) electrons. The van der Waals surface area contributed by atoms with E-state index in [-0.39, 0.29) is 17.9 Å². The third-order valence-electron chi connectivity index (χ3n) is 6.56. The molecule has 2 amide bonds. The zero-order valence-corrected chi connectivity index (χ0v) is 19.6. The number of rotatable bonds is 6. The molecule has 0 saturated heterocycles. The number of hydrogen-bond acceptors (Lipinski definition) is 3. The summed E-state index contributed by atoms with van der Waals surface area (Å²) in [5.41, 5.74) is 2.83. The van der Waals surface area contributed by atoms with Crippen molar-refractivity contribution in [1.82, 2.24) is 14.8 Å². The van der Waals surface area contributed by atoms with E-state index < -0.39 is 6.04 Å². The summed E-state index contributed by atoms with van der Waals surface area (Å²) in [6, 6.07) is 17.2. The van der Waals surface area contributed by atoms with Crippen LogP contribution in [0.15, 0.2) is 59.6 Å². The lowest BCUT2D eigenvalue weighted by Crippen LogP contribution is -2.48. The number of nitrogens with one attached hydrogen (secondary N) is 1. The molecule has 0 bridgehead atoms. The molecule has 32 heavy (non-hydrogen) atoms. The molecule has 1 N–H and O–H groups in total. The largest absolute Gasteiger partial charge is 0.350 e. The number of thiol groups is 1. The van der Waals surface area contributed by atoms with Crippen LogP contribution >= 0.6 is 12.6 Å². The first-order valence-corrected chi connectivity index (χ1v) is 11.8. The lowest BCUT2D eigenvalue weighted by atomic mass is 9.91. The molecule has 1 unspecified atom stereocenters. The Morgan fingerprint density at radius 3 is 2.41 bits per heavy atom. The number of para-hydroxylation sites is 1. The van der Waals surface area contributed by atoms with E-state index in [2.05, 4.69) is 5.32 Å². The zero-order valence-electron chi connectivity index (χ0n) is 18.8. The van der Waals surface area contributed by atoms with Crippen molar-refractivity contribution >= 4 is 35.3 Å². The highest BCUT2D eigenvalue weighted by Crippen LogP contribution is 2.38. The van der Waals surface area contributed by atoms with Gasteiger partial charge in [0.1, 0.15) is 6.04 Å². The molecule has 1 aliphatic carbocycles. The Morgan fingerprint density at radius 1 is 1.06 bits per heavy atom. The fourth-order valence-electron chi connectivity index (χ4n) is 4.97. The van der Waals surface area contributed by atoms with Gasteiger partial charge in [-0.3, -0.25) is 9.59 Å². The maximum Gasteiger partial charge on any atom is 0.247 e. The van der Waals surface area contributed by atoms with Crippen LogP contribution in [0.5, 0.6) is 0 Å². The van der Waals surface area contributed by atoms with Gasteiger partial charge in [-0.15, -0.1) is 12.6 Å². The van der Waals surface area contributed by atoms with Crippen LogP contribution in [0.2, 0.25) is 0 Å². The summed E-state index contributed by atoms with van der Waals surface area (Å²) in [7, 11) is 1.95. The van der Waals surface area contributed by atoms with Crippen LogP contribution in [0.25, 0.3) is 10.9 Å². The minimum absolute atomic E-state index is 0.0560. The topological polar surface area (TPSA) is 54.3 Å². The molecule has 2 aromatic carbocycles. The van der Waals surface area contributed by atoms with E-state index in [1.807, 2.05) is 71.1 Å². The van der Waals surface area contributed by atoms with Gasteiger partial charge in [0.05, 0.1) is 5.03 Å². The van der Waals surface area contributed by atoms with Gasteiger partial charge in [-0.2, -0.15) is 0 Å². The molecule has 3 aromatic rings. The van der Waals surface area contributed by atoms with Crippen molar-refractivity contribution in [3.05, 3.63) is 65.7 Å². The van der Waals surface area contributed by atoms with Gasteiger partial charge in [0, 0.05) is 43.0 Å². The molecule has 0 aliphatic heterocycles. The van der Waals surface area contributed by atoms with Crippen LogP contribution in [0.3, 0.4) is 0 Å². The van der Waals surface area contributed by atoms with E-state index in [0.29, 0.717) is 11.6 Å². The number of carbonyl (C=O) groups excluding carboxylic acids is 2. The number of nitrogens with zero attached hydrogens (tertiary/aromatic N) is 2. The summed E-state index contributed by atoms with van der Waals surface area (Å²) < 4.78 is 1.99. The van der Waals surface area contributed by atoms with Gasteiger partial charge in [-0.1, -0.05) is 67.8 Å². The third kappa shape index (κ3) is 4.42. The van der Waals surface area contributed by atoms with Gasteiger partial charge >= 0.3 is 0 Å². The van der Waals surface area contributed by atoms with Gasteiger partial charge in [0.15, 0.2) is 0 Å². The van der Waals surface area contributed by atoms with Crippen LogP contribution < -0.4 is 5.32 Å². The van der Waals surface area contributed by atoms with E-state index in [9.17, 15) is 9.59 Å². The van der Waals surface area contributed by atoms with Crippen LogP contribution in [0, 0.1) is 0 Å². The van der Waals surface area contributed by atoms with Gasteiger partial charge in [0.2, 0.25) is 11.8 Å². The van der Waals surface area contributed by atoms with Crippen molar-refractivity contribution in [3.63, 3.8) is 0 Å². The summed E-state index contributed by atoms with van der Waals surface area (Å²) in [5, 5.41) is 4.77. The molecule has 1 heterocycles. The Morgan fingerprint density at radius 2 is 1.72 bits per heavy atom. The molecular formula is C26H31N3O2S. The summed E-state index contributed by atoms with van der Waals surface area (Å²) >= 11 is 4.81. The minimum Gasteiger partial charge on any atom is -0.350 e. The van der Waals surface area contributed by atoms with Crippen molar-refractivity contribution in [2.45, 2.75) is 62.7 Å². The van der Waals surface area contributed by atoms with Gasteiger partial charge in [-0.25, -0.2) is 0 Å². The predicted molar refractivity (Wildman–Crippen MR) is 131 cm³/mol. The van der Waals surface area contributed by atoms with Crippen molar-refractivity contribution in [2.24, 2.45) is 7.05 Å². The molecule has 1 aromatic heterocycles. The highest BCUT2D eigenvalue weighted by molar-refractivity contribution is 7.80. The SMILES string of the molecule is CC(=O)N(C1CCCCC1)C(C(=O)NCc1ccccc1)c1c(S)n(C)c2ccccc12. The number of amides is 2. The highest BCUT2D eigenvalue weighted by atomic mass is 32.1. The average Bonchev–Trinajstić information content (AvgIpc) is 3.07. The number of carbonyl (C=O) groups is 2. The third-order valence-corrected chi connectivity index (χ3v) is 7.10. The maximum atomic E-state index is 13.8. The molecule has 1 saturated carbocycles. The second-order valence-electron chi connectivity index (χ2n) is 8.64. The lowest BCUT2D eigenvalue weighted by Gasteiger charge is -2.39. The van der Waals surface area contributed by atoms with Crippen LogP contribution in [0.4, 0.5) is 0 Å². The summed E-state index contributed by atoms with van der Waals surface area (Å²) in [6.07, 6.45) is 5.19. The average molecular weight is 450 g/mol. The number of benzene rings is 2. The molecule has 1 atom stereocenters. The zero-order chi connectivity index (χ0) is 22.7. The quantitative estimate of drug-likeness (QED) is 0.520. The summed E-state index contributed by atoms with van der Waals surface area (Å²) in [6.45, 7) is 1.99. The van der Waals surface area contributed by atoms with Crippen molar-refractivity contribution in [2.75, 3.05) is 0 Å². The monoisotopic (exact) mass is 449 g/mol. The van der Waals surface area contributed by atoms with Crippen molar-refractivity contribution in [1.29, 1.82) is 0 Å². The number of fused-ring (bicyclic) bond motifs is 1. The number of hydrogen-bond donors (Lipinski definition) is 2. The van der Waals surface area contributed by atoms with E-state index >= 15 is 0 Å². The normalized spacial score (nSPS) is 15.5. The van der Waals surface area contributed by atoms with Crippen LogP contribution in [-0.4, -0.2) is 27.3 Å². The van der Waals surface area contributed by atoms with E-state index in [4.69, 9.17) is 12.6 Å². The first kappa shape index (κ1) is 22.5. The number of aryl methyl sites for hydroxylation is 1. The molecule has 0 spiro atoms. The standard InChI is InChI=1S/C26H31N3O2S/c1-18(30)29(20-13-7-4-8-14-20)24(25(31)27-17-19-11-5-3-6-12-19)23-21-15-9-10-16-22(21)28(2)26(23)32/h3,5-6,9-12,15-16,20,24,32H,4,7-8,13-14,17H2,1-2H3,(H,27,31).